The van der Waals surface area contributed by atoms with E-state index in [4.69, 9.17) is 9.97 Å². The van der Waals surface area contributed by atoms with E-state index in [1.807, 2.05) is 11.3 Å². The Balaban J connectivity index is 1.07. The molecular formula is C51H34N2S. The van der Waals surface area contributed by atoms with E-state index in [9.17, 15) is 0 Å². The highest BCUT2D eigenvalue weighted by molar-refractivity contribution is 7.25. The van der Waals surface area contributed by atoms with Gasteiger partial charge in [0, 0.05) is 42.3 Å². The predicted octanol–water partition coefficient (Wildman–Crippen LogP) is 14.1. The van der Waals surface area contributed by atoms with Gasteiger partial charge in [0.1, 0.15) is 0 Å². The third kappa shape index (κ3) is 4.72. The average Bonchev–Trinajstić information content (AvgIpc) is 3.71. The normalized spacial score (nSPS) is 13.1. The van der Waals surface area contributed by atoms with E-state index in [1.54, 1.807) is 0 Å². The number of hydrogen-bond donors (Lipinski definition) is 0. The molecule has 0 radical (unpaired) electrons. The number of rotatable bonds is 4. The smallest absolute Gasteiger partial charge is 0.161 e. The van der Waals surface area contributed by atoms with Crippen molar-refractivity contribution in [2.24, 2.45) is 0 Å². The van der Waals surface area contributed by atoms with Crippen LogP contribution in [-0.2, 0) is 5.41 Å². The maximum Gasteiger partial charge on any atom is 0.161 e. The molecule has 8 aromatic carbocycles. The number of aromatic nitrogens is 2. The summed E-state index contributed by atoms with van der Waals surface area (Å²) in [5.74, 6) is 0.724. The Morgan fingerprint density at radius 3 is 1.87 bits per heavy atom. The minimum absolute atomic E-state index is 0.0870. The second-order valence-corrected chi connectivity index (χ2v) is 16.0. The van der Waals surface area contributed by atoms with Crippen LogP contribution in [0, 0.1) is 0 Å². The Hall–Kier alpha value is -6.42. The summed E-state index contributed by atoms with van der Waals surface area (Å²) in [7, 11) is 0. The number of thiophene rings is 1. The molecule has 2 heterocycles. The first-order chi connectivity index (χ1) is 26.5. The van der Waals surface area contributed by atoms with Crippen molar-refractivity contribution in [1.29, 1.82) is 0 Å². The van der Waals surface area contributed by atoms with Crippen molar-refractivity contribution in [2.45, 2.75) is 19.3 Å². The van der Waals surface area contributed by atoms with Gasteiger partial charge in [0.2, 0.25) is 0 Å². The van der Waals surface area contributed by atoms with Crippen LogP contribution in [0.3, 0.4) is 0 Å². The van der Waals surface area contributed by atoms with Gasteiger partial charge in [-0.3, -0.25) is 0 Å². The maximum absolute atomic E-state index is 5.32. The monoisotopic (exact) mass is 706 g/mol. The van der Waals surface area contributed by atoms with Crippen molar-refractivity contribution in [2.75, 3.05) is 0 Å². The number of hydrogen-bond acceptors (Lipinski definition) is 3. The minimum Gasteiger partial charge on any atom is -0.228 e. The summed E-state index contributed by atoms with van der Waals surface area (Å²) in [4.78, 5) is 10.6. The molecule has 0 fully saturated rings. The van der Waals surface area contributed by atoms with Gasteiger partial charge in [-0.25, -0.2) is 9.97 Å². The molecule has 0 saturated carbocycles. The number of benzene rings is 8. The van der Waals surface area contributed by atoms with Gasteiger partial charge in [0.15, 0.2) is 5.82 Å². The van der Waals surface area contributed by atoms with Gasteiger partial charge in [-0.15, -0.1) is 11.3 Å². The van der Waals surface area contributed by atoms with Gasteiger partial charge in [-0.05, 0) is 85.3 Å². The quantitative estimate of drug-likeness (QED) is 0.182. The summed E-state index contributed by atoms with van der Waals surface area (Å²) in [6, 6.07) is 61.6. The third-order valence-electron chi connectivity index (χ3n) is 11.5. The van der Waals surface area contributed by atoms with Gasteiger partial charge in [-0.1, -0.05) is 153 Å². The molecule has 0 atom stereocenters. The first-order valence-corrected chi connectivity index (χ1v) is 19.4. The Labute approximate surface area is 318 Å². The second-order valence-electron chi connectivity index (χ2n) is 14.9. The SMILES string of the molecule is CC1(C)c2ccc(-c3ccc(-c4nc(-c5ccccc5)cc(-c5ccc6c(c5)sc5ccccc56)n4)c4ccccc34)cc2-c2ccc3ccccc3c21. The van der Waals surface area contributed by atoms with Crippen LogP contribution in [0.4, 0.5) is 0 Å². The van der Waals surface area contributed by atoms with Crippen molar-refractivity contribution < 1.29 is 0 Å². The minimum atomic E-state index is -0.0870. The highest BCUT2D eigenvalue weighted by Gasteiger charge is 2.37. The molecule has 1 aliphatic carbocycles. The molecular weight excluding hydrogens is 673 g/mol. The molecule has 0 amide bonds. The van der Waals surface area contributed by atoms with Crippen LogP contribution >= 0.6 is 11.3 Å². The van der Waals surface area contributed by atoms with Gasteiger partial charge < -0.3 is 0 Å². The van der Waals surface area contributed by atoms with E-state index in [-0.39, 0.29) is 5.41 Å². The average molecular weight is 707 g/mol. The van der Waals surface area contributed by atoms with E-state index >= 15 is 0 Å². The second kappa shape index (κ2) is 11.8. The van der Waals surface area contributed by atoms with Crippen LogP contribution in [0.1, 0.15) is 25.0 Å². The van der Waals surface area contributed by atoms with Crippen molar-refractivity contribution in [1.82, 2.24) is 9.97 Å². The molecule has 0 unspecified atom stereocenters. The Bertz CT molecular complexity index is 3130. The number of fused-ring (bicyclic) bond motifs is 9. The molecule has 10 aromatic rings. The summed E-state index contributed by atoms with van der Waals surface area (Å²) >= 11 is 1.83. The largest absolute Gasteiger partial charge is 0.228 e. The zero-order valence-corrected chi connectivity index (χ0v) is 30.8. The third-order valence-corrected chi connectivity index (χ3v) is 12.6. The molecule has 0 N–H and O–H groups in total. The van der Waals surface area contributed by atoms with E-state index < -0.39 is 0 Å². The van der Waals surface area contributed by atoms with Gasteiger partial charge in [-0.2, -0.15) is 0 Å². The van der Waals surface area contributed by atoms with Crippen molar-refractivity contribution in [3.63, 3.8) is 0 Å². The van der Waals surface area contributed by atoms with Crippen LogP contribution in [0.2, 0.25) is 0 Å². The summed E-state index contributed by atoms with van der Waals surface area (Å²) < 4.78 is 2.56. The first-order valence-electron chi connectivity index (χ1n) is 18.6. The van der Waals surface area contributed by atoms with Crippen molar-refractivity contribution in [3.8, 4) is 56.2 Å². The molecule has 3 heteroatoms. The van der Waals surface area contributed by atoms with Crippen LogP contribution in [0.15, 0.2) is 170 Å². The summed E-state index contributed by atoms with van der Waals surface area (Å²) in [5, 5.41) is 7.54. The molecule has 2 nitrogen and oxygen atoms in total. The topological polar surface area (TPSA) is 25.8 Å². The van der Waals surface area contributed by atoms with Crippen LogP contribution < -0.4 is 0 Å². The lowest BCUT2D eigenvalue weighted by atomic mass is 9.80. The zero-order valence-electron chi connectivity index (χ0n) is 30.0. The Morgan fingerprint density at radius 1 is 0.407 bits per heavy atom. The highest BCUT2D eigenvalue weighted by Crippen LogP contribution is 2.52. The highest BCUT2D eigenvalue weighted by atomic mass is 32.1. The summed E-state index contributed by atoms with van der Waals surface area (Å²) in [6.45, 7) is 4.73. The molecule has 0 spiro atoms. The molecule has 11 rings (SSSR count). The van der Waals surface area contributed by atoms with E-state index in [2.05, 4.69) is 184 Å². The molecule has 0 bridgehead atoms. The lowest BCUT2D eigenvalue weighted by molar-refractivity contribution is 0.666. The van der Waals surface area contributed by atoms with Crippen molar-refractivity contribution in [3.05, 3.63) is 181 Å². The van der Waals surface area contributed by atoms with Gasteiger partial charge >= 0.3 is 0 Å². The van der Waals surface area contributed by atoms with Crippen LogP contribution in [0.25, 0.3) is 97.9 Å². The van der Waals surface area contributed by atoms with E-state index in [1.165, 1.54) is 69.7 Å². The fourth-order valence-electron chi connectivity index (χ4n) is 8.89. The summed E-state index contributed by atoms with van der Waals surface area (Å²) in [5.41, 5.74) is 12.8. The van der Waals surface area contributed by atoms with E-state index in [0.717, 1.165) is 39.3 Å². The van der Waals surface area contributed by atoms with Crippen LogP contribution in [0.5, 0.6) is 0 Å². The molecule has 0 saturated heterocycles. The lowest BCUT2D eigenvalue weighted by Gasteiger charge is -2.23. The maximum atomic E-state index is 5.32. The van der Waals surface area contributed by atoms with Crippen LogP contribution in [-0.4, -0.2) is 9.97 Å². The van der Waals surface area contributed by atoms with E-state index in [0.29, 0.717) is 0 Å². The molecule has 54 heavy (non-hydrogen) atoms. The van der Waals surface area contributed by atoms with Crippen molar-refractivity contribution >= 4 is 53.1 Å². The van der Waals surface area contributed by atoms with Gasteiger partial charge in [0.05, 0.1) is 11.4 Å². The first kappa shape index (κ1) is 31.1. The molecule has 1 aliphatic rings. The summed E-state index contributed by atoms with van der Waals surface area (Å²) in [6.07, 6.45) is 0. The standard InChI is InChI=1S/C51H34N2S/c1-51(2)44-27-22-33(28-43(44)41-24-20-31-12-6-7-15-36(31)49(41)51)35-25-26-42(38-17-9-8-16-37(35)38)50-52-45(32-13-4-3-5-14-32)30-46(53-50)34-21-23-40-39-18-10-11-19-47(39)54-48(40)29-34/h3-30H,1-2H3. The fourth-order valence-corrected chi connectivity index (χ4v) is 10.0. The molecule has 254 valence electrons. The predicted molar refractivity (Wildman–Crippen MR) is 229 cm³/mol. The molecule has 0 aliphatic heterocycles. The lowest BCUT2D eigenvalue weighted by Crippen LogP contribution is -2.15. The van der Waals surface area contributed by atoms with Gasteiger partial charge in [0.25, 0.3) is 0 Å². The Kier molecular flexibility index (Phi) is 6.80. The Morgan fingerprint density at radius 2 is 1.04 bits per heavy atom. The zero-order chi connectivity index (χ0) is 36.0. The fraction of sp³-hybridized carbons (Fsp3) is 0.0588. The molecule has 2 aromatic heterocycles. The number of nitrogens with zero attached hydrogens (tertiary/aromatic N) is 2.